The molecular formula is C22H26N2OS. The molecule has 3 nitrogen and oxygen atoms in total. The van der Waals surface area contributed by atoms with E-state index < -0.39 is 0 Å². The summed E-state index contributed by atoms with van der Waals surface area (Å²) in [6.07, 6.45) is 2.10. The van der Waals surface area contributed by atoms with Crippen molar-refractivity contribution >= 4 is 17.7 Å². The van der Waals surface area contributed by atoms with Gasteiger partial charge in [0.05, 0.1) is 17.2 Å². The number of hydrogen-bond donors (Lipinski definition) is 1. The van der Waals surface area contributed by atoms with Crippen LogP contribution in [0.25, 0.3) is 0 Å². The zero-order valence-electron chi connectivity index (χ0n) is 15.7. The topological polar surface area (TPSA) is 52.9 Å². The fourth-order valence-corrected chi connectivity index (χ4v) is 3.58. The summed E-state index contributed by atoms with van der Waals surface area (Å²) in [5.41, 5.74) is 2.52. The number of carbonyl (C=O) groups is 1. The second-order valence-electron chi connectivity index (χ2n) is 6.94. The van der Waals surface area contributed by atoms with Crippen LogP contribution in [0.15, 0.2) is 53.4 Å². The first-order valence-electron chi connectivity index (χ1n) is 9.01. The molecule has 2 aromatic rings. The van der Waals surface area contributed by atoms with Crippen molar-refractivity contribution in [1.82, 2.24) is 5.32 Å². The third kappa shape index (κ3) is 6.24. The van der Waals surface area contributed by atoms with E-state index in [1.807, 2.05) is 48.5 Å². The standard InChI is InChI=1S/C22H26N2OS/c1-16(2)8-9-17(3)24-22(25)20-6-4-5-7-21(20)26-15-19-12-10-18(14-23)11-13-19/h4-7,10-13,16-17H,8-9,15H2,1-3H3,(H,24,25). The number of nitriles is 1. The first kappa shape index (κ1) is 20.1. The van der Waals surface area contributed by atoms with Gasteiger partial charge in [-0.3, -0.25) is 4.79 Å². The number of benzene rings is 2. The van der Waals surface area contributed by atoms with Crippen molar-refractivity contribution < 1.29 is 4.79 Å². The molecule has 1 amide bonds. The largest absolute Gasteiger partial charge is 0.350 e. The molecule has 0 bridgehead atoms. The molecule has 0 heterocycles. The van der Waals surface area contributed by atoms with E-state index in [1.165, 1.54) is 0 Å². The minimum atomic E-state index is -0.0100. The van der Waals surface area contributed by atoms with Gasteiger partial charge in [-0.2, -0.15) is 5.26 Å². The molecule has 0 aliphatic heterocycles. The van der Waals surface area contributed by atoms with Gasteiger partial charge in [0.15, 0.2) is 0 Å². The molecule has 0 spiro atoms. The number of carbonyl (C=O) groups excluding carboxylic acids is 1. The van der Waals surface area contributed by atoms with Crippen LogP contribution in [0.1, 0.15) is 55.1 Å². The molecule has 2 aromatic carbocycles. The third-order valence-electron chi connectivity index (χ3n) is 4.16. The van der Waals surface area contributed by atoms with E-state index in [1.54, 1.807) is 11.8 Å². The molecule has 1 N–H and O–H groups in total. The highest BCUT2D eigenvalue weighted by Crippen LogP contribution is 2.26. The van der Waals surface area contributed by atoms with E-state index in [2.05, 4.69) is 32.2 Å². The number of nitrogens with one attached hydrogen (secondary N) is 1. The van der Waals surface area contributed by atoms with Gasteiger partial charge < -0.3 is 5.32 Å². The van der Waals surface area contributed by atoms with Gasteiger partial charge in [-0.25, -0.2) is 0 Å². The van der Waals surface area contributed by atoms with Crippen LogP contribution in [-0.4, -0.2) is 11.9 Å². The average molecular weight is 367 g/mol. The van der Waals surface area contributed by atoms with Crippen molar-refractivity contribution in [2.75, 3.05) is 0 Å². The lowest BCUT2D eigenvalue weighted by Gasteiger charge is -2.16. The zero-order valence-corrected chi connectivity index (χ0v) is 16.5. The van der Waals surface area contributed by atoms with Crippen LogP contribution in [0.4, 0.5) is 0 Å². The van der Waals surface area contributed by atoms with Crippen LogP contribution >= 0.6 is 11.8 Å². The van der Waals surface area contributed by atoms with Crippen molar-refractivity contribution in [1.29, 1.82) is 5.26 Å². The molecule has 1 unspecified atom stereocenters. The molecule has 0 radical (unpaired) electrons. The lowest BCUT2D eigenvalue weighted by atomic mass is 10.0. The minimum Gasteiger partial charge on any atom is -0.350 e. The number of hydrogen-bond acceptors (Lipinski definition) is 3. The Balaban J connectivity index is 1.99. The second kappa shape index (κ2) is 10.0. The molecule has 0 aliphatic rings. The van der Waals surface area contributed by atoms with Crippen molar-refractivity contribution in [3.8, 4) is 6.07 Å². The van der Waals surface area contributed by atoms with Crippen LogP contribution in [0.3, 0.4) is 0 Å². The summed E-state index contributed by atoms with van der Waals surface area (Å²) in [5.74, 6) is 1.40. The van der Waals surface area contributed by atoms with E-state index >= 15 is 0 Å². The molecule has 0 aromatic heterocycles. The lowest BCUT2D eigenvalue weighted by Crippen LogP contribution is -2.33. The predicted octanol–water partition coefficient (Wildman–Crippen LogP) is 5.41. The molecule has 0 aliphatic carbocycles. The summed E-state index contributed by atoms with van der Waals surface area (Å²) in [4.78, 5) is 13.6. The van der Waals surface area contributed by atoms with Gasteiger partial charge in [0, 0.05) is 16.7 Å². The minimum absolute atomic E-state index is 0.0100. The van der Waals surface area contributed by atoms with Gasteiger partial charge >= 0.3 is 0 Å². The number of nitrogens with zero attached hydrogens (tertiary/aromatic N) is 1. The van der Waals surface area contributed by atoms with Crippen LogP contribution in [-0.2, 0) is 5.75 Å². The molecular weight excluding hydrogens is 340 g/mol. The molecule has 0 saturated carbocycles. The van der Waals surface area contributed by atoms with Crippen LogP contribution in [0.2, 0.25) is 0 Å². The number of amides is 1. The highest BCUT2D eigenvalue weighted by molar-refractivity contribution is 7.98. The van der Waals surface area contributed by atoms with Crippen LogP contribution in [0, 0.1) is 17.2 Å². The maximum atomic E-state index is 12.7. The monoisotopic (exact) mass is 366 g/mol. The summed E-state index contributed by atoms with van der Waals surface area (Å²) in [6.45, 7) is 6.46. The third-order valence-corrected chi connectivity index (χ3v) is 5.31. The van der Waals surface area contributed by atoms with Gasteiger partial charge in [0.25, 0.3) is 5.91 Å². The quantitative estimate of drug-likeness (QED) is 0.636. The fourth-order valence-electron chi connectivity index (χ4n) is 2.57. The maximum Gasteiger partial charge on any atom is 0.252 e. The van der Waals surface area contributed by atoms with Crippen molar-refractivity contribution in [2.45, 2.75) is 50.3 Å². The van der Waals surface area contributed by atoms with E-state index in [0.717, 1.165) is 34.6 Å². The first-order chi connectivity index (χ1) is 12.5. The Bertz CT molecular complexity index is 762. The number of thioether (sulfide) groups is 1. The van der Waals surface area contributed by atoms with Crippen molar-refractivity contribution in [3.05, 3.63) is 65.2 Å². The summed E-state index contributed by atoms with van der Waals surface area (Å²) in [7, 11) is 0. The smallest absolute Gasteiger partial charge is 0.252 e. The predicted molar refractivity (Wildman–Crippen MR) is 108 cm³/mol. The average Bonchev–Trinajstić information content (AvgIpc) is 2.65. The summed E-state index contributed by atoms with van der Waals surface area (Å²) >= 11 is 1.64. The van der Waals surface area contributed by atoms with Crippen LogP contribution < -0.4 is 5.32 Å². The molecule has 2 rings (SSSR count). The van der Waals surface area contributed by atoms with E-state index in [0.29, 0.717) is 11.5 Å². The first-order valence-corrected chi connectivity index (χ1v) is 10.00. The van der Waals surface area contributed by atoms with Gasteiger partial charge in [-0.15, -0.1) is 11.8 Å². The Labute approximate surface area is 160 Å². The van der Waals surface area contributed by atoms with Gasteiger partial charge in [0.1, 0.15) is 0 Å². The second-order valence-corrected chi connectivity index (χ2v) is 7.96. The Morgan fingerprint density at radius 3 is 2.42 bits per heavy atom. The SMILES string of the molecule is CC(C)CCC(C)NC(=O)c1ccccc1SCc1ccc(C#N)cc1. The van der Waals surface area contributed by atoms with Gasteiger partial charge in [-0.1, -0.05) is 38.1 Å². The molecule has 26 heavy (non-hydrogen) atoms. The Kier molecular flexibility index (Phi) is 7.74. The van der Waals surface area contributed by atoms with E-state index in [4.69, 9.17) is 5.26 Å². The fraction of sp³-hybridized carbons (Fsp3) is 0.364. The number of rotatable bonds is 8. The van der Waals surface area contributed by atoms with Crippen molar-refractivity contribution in [3.63, 3.8) is 0 Å². The summed E-state index contributed by atoms with van der Waals surface area (Å²) < 4.78 is 0. The Morgan fingerprint density at radius 1 is 1.08 bits per heavy atom. The van der Waals surface area contributed by atoms with E-state index in [9.17, 15) is 4.79 Å². The molecule has 0 fully saturated rings. The van der Waals surface area contributed by atoms with E-state index in [-0.39, 0.29) is 11.9 Å². The molecule has 136 valence electrons. The van der Waals surface area contributed by atoms with Gasteiger partial charge in [-0.05, 0) is 55.5 Å². The maximum absolute atomic E-state index is 12.7. The lowest BCUT2D eigenvalue weighted by molar-refractivity contribution is 0.0934. The molecule has 1 atom stereocenters. The van der Waals surface area contributed by atoms with Gasteiger partial charge in [0.2, 0.25) is 0 Å². The summed E-state index contributed by atoms with van der Waals surface area (Å²) in [6, 6.07) is 17.6. The molecule has 4 heteroatoms. The van der Waals surface area contributed by atoms with Crippen molar-refractivity contribution in [2.24, 2.45) is 5.92 Å². The Hall–Kier alpha value is -2.25. The summed E-state index contributed by atoms with van der Waals surface area (Å²) in [5, 5.41) is 12.0. The highest BCUT2D eigenvalue weighted by Gasteiger charge is 2.14. The highest BCUT2D eigenvalue weighted by atomic mass is 32.2. The normalized spacial score (nSPS) is 11.8. The Morgan fingerprint density at radius 2 is 1.77 bits per heavy atom. The zero-order chi connectivity index (χ0) is 18.9. The molecule has 0 saturated heterocycles. The van der Waals surface area contributed by atoms with Crippen LogP contribution in [0.5, 0.6) is 0 Å².